The van der Waals surface area contributed by atoms with Crippen molar-refractivity contribution in [2.24, 2.45) is 7.05 Å². The van der Waals surface area contributed by atoms with Crippen LogP contribution in [-0.2, 0) is 11.8 Å². The van der Waals surface area contributed by atoms with E-state index in [2.05, 4.69) is 10.2 Å². The number of carbonyl (C=O) groups excluding carboxylic acids is 1. The third-order valence-corrected chi connectivity index (χ3v) is 4.65. The van der Waals surface area contributed by atoms with E-state index in [1.165, 1.54) is 0 Å². The molecule has 8 heteroatoms. The van der Waals surface area contributed by atoms with Crippen LogP contribution in [0, 0.1) is 0 Å². The zero-order chi connectivity index (χ0) is 17.4. The molecule has 0 N–H and O–H groups in total. The number of ether oxygens (including phenoxy) is 1. The SMILES string of the molecule is CC1CC(Oc2nc(-c3cnn(C)c3)cn3nccc23)CCN1C=O. The van der Waals surface area contributed by atoms with Crippen LogP contribution >= 0.6 is 0 Å². The highest BCUT2D eigenvalue weighted by Crippen LogP contribution is 2.27. The Bertz CT molecular complexity index is 902. The van der Waals surface area contributed by atoms with Crippen molar-refractivity contribution in [3.8, 4) is 17.1 Å². The van der Waals surface area contributed by atoms with Crippen molar-refractivity contribution in [3.05, 3.63) is 30.9 Å². The minimum Gasteiger partial charge on any atom is -0.473 e. The van der Waals surface area contributed by atoms with Crippen molar-refractivity contribution in [1.29, 1.82) is 0 Å². The molecule has 1 amide bonds. The van der Waals surface area contributed by atoms with Crippen molar-refractivity contribution in [2.75, 3.05) is 6.54 Å². The third kappa shape index (κ3) is 2.95. The van der Waals surface area contributed by atoms with Crippen molar-refractivity contribution >= 4 is 11.9 Å². The molecule has 4 rings (SSSR count). The molecule has 1 saturated heterocycles. The highest BCUT2D eigenvalue weighted by atomic mass is 16.5. The number of hydrogen-bond acceptors (Lipinski definition) is 5. The van der Waals surface area contributed by atoms with Gasteiger partial charge in [-0.15, -0.1) is 0 Å². The van der Waals surface area contributed by atoms with Gasteiger partial charge in [-0.3, -0.25) is 9.48 Å². The maximum absolute atomic E-state index is 11.0. The van der Waals surface area contributed by atoms with Crippen LogP contribution < -0.4 is 4.74 Å². The van der Waals surface area contributed by atoms with E-state index in [0.29, 0.717) is 12.4 Å². The van der Waals surface area contributed by atoms with Crippen LogP contribution in [0.3, 0.4) is 0 Å². The average molecular weight is 340 g/mol. The number of aryl methyl sites for hydroxylation is 1. The quantitative estimate of drug-likeness (QED) is 0.673. The summed E-state index contributed by atoms with van der Waals surface area (Å²) >= 11 is 0. The van der Waals surface area contributed by atoms with Crippen LogP contribution in [0.4, 0.5) is 0 Å². The summed E-state index contributed by atoms with van der Waals surface area (Å²) in [7, 11) is 1.87. The van der Waals surface area contributed by atoms with Crippen molar-refractivity contribution in [2.45, 2.75) is 31.9 Å². The van der Waals surface area contributed by atoms with E-state index < -0.39 is 0 Å². The maximum Gasteiger partial charge on any atom is 0.240 e. The summed E-state index contributed by atoms with van der Waals surface area (Å²) in [6.07, 6.45) is 9.81. The second-order valence-electron chi connectivity index (χ2n) is 6.45. The third-order valence-electron chi connectivity index (χ3n) is 4.65. The number of aromatic nitrogens is 5. The first-order valence-electron chi connectivity index (χ1n) is 8.35. The fourth-order valence-corrected chi connectivity index (χ4v) is 3.25. The lowest BCUT2D eigenvalue weighted by Crippen LogP contribution is -2.43. The Balaban J connectivity index is 1.64. The maximum atomic E-state index is 11.0. The molecule has 2 unspecified atom stereocenters. The van der Waals surface area contributed by atoms with Gasteiger partial charge < -0.3 is 9.64 Å². The number of fused-ring (bicyclic) bond motifs is 1. The van der Waals surface area contributed by atoms with Gasteiger partial charge in [0.05, 0.1) is 24.3 Å². The average Bonchev–Trinajstić information content (AvgIpc) is 3.23. The van der Waals surface area contributed by atoms with Crippen LogP contribution in [0.1, 0.15) is 19.8 Å². The van der Waals surface area contributed by atoms with E-state index in [9.17, 15) is 4.79 Å². The fourth-order valence-electron chi connectivity index (χ4n) is 3.25. The number of rotatable bonds is 4. The van der Waals surface area contributed by atoms with E-state index in [1.807, 2.05) is 37.3 Å². The van der Waals surface area contributed by atoms with E-state index in [-0.39, 0.29) is 12.1 Å². The minimum absolute atomic E-state index is 0.0292. The highest BCUT2D eigenvalue weighted by molar-refractivity contribution is 5.63. The predicted octanol–water partition coefficient (Wildman–Crippen LogP) is 1.52. The first-order valence-corrected chi connectivity index (χ1v) is 8.35. The minimum atomic E-state index is 0.0292. The van der Waals surface area contributed by atoms with E-state index in [4.69, 9.17) is 9.72 Å². The molecule has 2 atom stereocenters. The summed E-state index contributed by atoms with van der Waals surface area (Å²) in [5.74, 6) is 0.565. The number of hydrogen-bond donors (Lipinski definition) is 0. The molecule has 1 fully saturated rings. The van der Waals surface area contributed by atoms with Gasteiger partial charge in [0, 0.05) is 44.2 Å². The number of likely N-dealkylation sites (tertiary alicyclic amines) is 1. The fraction of sp³-hybridized carbons (Fsp3) is 0.412. The van der Waals surface area contributed by atoms with Gasteiger partial charge >= 0.3 is 0 Å². The summed E-state index contributed by atoms with van der Waals surface area (Å²) in [5, 5.41) is 8.52. The van der Waals surface area contributed by atoms with Gasteiger partial charge in [-0.2, -0.15) is 10.2 Å². The van der Waals surface area contributed by atoms with Crippen LogP contribution in [0.5, 0.6) is 5.88 Å². The zero-order valence-electron chi connectivity index (χ0n) is 14.2. The lowest BCUT2D eigenvalue weighted by atomic mass is 10.0. The van der Waals surface area contributed by atoms with Crippen molar-refractivity contribution < 1.29 is 9.53 Å². The molecule has 25 heavy (non-hydrogen) atoms. The van der Waals surface area contributed by atoms with Gasteiger partial charge in [-0.25, -0.2) is 9.50 Å². The Hall–Kier alpha value is -2.90. The Morgan fingerprint density at radius 3 is 2.92 bits per heavy atom. The standard InChI is InChI=1S/C17H20N6O2/c1-12-7-14(4-6-22(12)11-24)25-17-16-3-5-18-23(16)10-15(20-17)13-8-19-21(2)9-13/h3,5,8-12,14H,4,6-7H2,1-2H3. The smallest absolute Gasteiger partial charge is 0.240 e. The molecule has 3 aromatic rings. The van der Waals surface area contributed by atoms with E-state index >= 15 is 0 Å². The molecular weight excluding hydrogens is 320 g/mol. The molecule has 0 saturated carbocycles. The predicted molar refractivity (Wildman–Crippen MR) is 91.1 cm³/mol. The summed E-state index contributed by atoms with van der Waals surface area (Å²) in [6, 6.07) is 2.05. The van der Waals surface area contributed by atoms with Crippen LogP contribution in [0.25, 0.3) is 16.8 Å². The molecule has 4 heterocycles. The van der Waals surface area contributed by atoms with Crippen molar-refractivity contribution in [3.63, 3.8) is 0 Å². The second-order valence-corrected chi connectivity index (χ2v) is 6.45. The van der Waals surface area contributed by atoms with E-state index in [1.54, 1.807) is 21.6 Å². The molecule has 0 aromatic carbocycles. The van der Waals surface area contributed by atoms with Crippen LogP contribution in [-0.4, -0.2) is 54.4 Å². The number of nitrogens with zero attached hydrogens (tertiary/aromatic N) is 6. The molecule has 130 valence electrons. The van der Waals surface area contributed by atoms with Gasteiger partial charge in [-0.1, -0.05) is 0 Å². The molecule has 0 aliphatic carbocycles. The van der Waals surface area contributed by atoms with Gasteiger partial charge in [0.1, 0.15) is 11.6 Å². The molecular formula is C17H20N6O2. The van der Waals surface area contributed by atoms with Gasteiger partial charge in [0.25, 0.3) is 0 Å². The lowest BCUT2D eigenvalue weighted by molar-refractivity contribution is -0.122. The van der Waals surface area contributed by atoms with Crippen molar-refractivity contribution in [1.82, 2.24) is 29.3 Å². The zero-order valence-corrected chi connectivity index (χ0v) is 14.2. The molecule has 1 aliphatic rings. The van der Waals surface area contributed by atoms with Gasteiger partial charge in [0.2, 0.25) is 12.3 Å². The molecule has 8 nitrogen and oxygen atoms in total. The van der Waals surface area contributed by atoms with Gasteiger partial charge in [0.15, 0.2) is 0 Å². The molecule has 0 spiro atoms. The van der Waals surface area contributed by atoms with Gasteiger partial charge in [-0.05, 0) is 13.0 Å². The molecule has 0 radical (unpaired) electrons. The Kier molecular flexibility index (Phi) is 3.87. The Labute approximate surface area is 145 Å². The Morgan fingerprint density at radius 1 is 1.32 bits per heavy atom. The first-order chi connectivity index (χ1) is 12.1. The van der Waals surface area contributed by atoms with E-state index in [0.717, 1.165) is 36.0 Å². The second kappa shape index (κ2) is 6.19. The first kappa shape index (κ1) is 15.6. The number of carbonyl (C=O) groups is 1. The highest BCUT2D eigenvalue weighted by Gasteiger charge is 2.26. The monoisotopic (exact) mass is 340 g/mol. The van der Waals surface area contributed by atoms with Crippen LogP contribution in [0.15, 0.2) is 30.9 Å². The summed E-state index contributed by atoms with van der Waals surface area (Å²) < 4.78 is 9.73. The van der Waals surface area contributed by atoms with Crippen LogP contribution in [0.2, 0.25) is 0 Å². The normalized spacial score (nSPS) is 20.8. The topological polar surface area (TPSA) is 77.6 Å². The largest absolute Gasteiger partial charge is 0.473 e. The molecule has 0 bridgehead atoms. The lowest BCUT2D eigenvalue weighted by Gasteiger charge is -2.35. The summed E-state index contributed by atoms with van der Waals surface area (Å²) in [6.45, 7) is 2.74. The number of amides is 1. The summed E-state index contributed by atoms with van der Waals surface area (Å²) in [5.41, 5.74) is 2.50. The summed E-state index contributed by atoms with van der Waals surface area (Å²) in [4.78, 5) is 17.5. The number of piperidine rings is 1. The molecule has 1 aliphatic heterocycles. The molecule has 3 aromatic heterocycles. The Morgan fingerprint density at radius 2 is 2.20 bits per heavy atom.